The smallest absolute Gasteiger partial charge is 0.260 e. The molecule has 2 fully saturated rings. The van der Waals surface area contributed by atoms with Crippen molar-refractivity contribution in [3.63, 3.8) is 0 Å². The van der Waals surface area contributed by atoms with Crippen molar-refractivity contribution in [2.24, 2.45) is 0 Å². The normalized spacial score (nSPS) is 19.2. The van der Waals surface area contributed by atoms with Gasteiger partial charge in [0.1, 0.15) is 0 Å². The van der Waals surface area contributed by atoms with Crippen LogP contribution in [0.2, 0.25) is 5.02 Å². The summed E-state index contributed by atoms with van der Waals surface area (Å²) in [6.45, 7) is 2.24. The van der Waals surface area contributed by atoms with Gasteiger partial charge < -0.3 is 0 Å². The molecule has 10 heteroatoms. The summed E-state index contributed by atoms with van der Waals surface area (Å²) >= 11 is 8.59. The SMILES string of the molecule is CCC(=O)N(c1nnc(S[C@H]2CCCCN(C(=O)c3ccc(Cl)cc3)C2=O)s1)C1CC1. The first-order valence-corrected chi connectivity index (χ1v) is 12.5. The van der Waals surface area contributed by atoms with Crippen molar-refractivity contribution in [2.45, 2.75) is 61.1 Å². The Morgan fingerprint density at radius 2 is 1.94 bits per heavy atom. The van der Waals surface area contributed by atoms with Crippen LogP contribution in [-0.4, -0.2) is 50.7 Å². The lowest BCUT2D eigenvalue weighted by Crippen LogP contribution is -2.41. The molecule has 1 atom stereocenters. The predicted octanol–water partition coefficient (Wildman–Crippen LogP) is 4.41. The molecule has 0 spiro atoms. The van der Waals surface area contributed by atoms with Crippen molar-refractivity contribution < 1.29 is 14.4 Å². The van der Waals surface area contributed by atoms with Crippen molar-refractivity contribution in [3.8, 4) is 0 Å². The van der Waals surface area contributed by atoms with Gasteiger partial charge >= 0.3 is 0 Å². The van der Waals surface area contributed by atoms with Gasteiger partial charge in [-0.1, -0.05) is 48.0 Å². The van der Waals surface area contributed by atoms with E-state index in [-0.39, 0.29) is 23.8 Å². The number of rotatable bonds is 6. The highest BCUT2D eigenvalue weighted by atomic mass is 35.5. The number of carbonyl (C=O) groups excluding carboxylic acids is 3. The Labute approximate surface area is 194 Å². The standard InChI is InChI=1S/C21H23ClN4O3S2/c1-2-17(27)26(15-10-11-15)20-23-24-21(31-20)30-16-5-3-4-12-25(19(16)29)18(28)13-6-8-14(22)9-7-13/h6-9,15-16H,2-5,10-12H2,1H3/t16-/m0/s1. The van der Waals surface area contributed by atoms with Crippen LogP contribution in [-0.2, 0) is 9.59 Å². The van der Waals surface area contributed by atoms with Gasteiger partial charge in [-0.15, -0.1) is 10.2 Å². The number of imide groups is 1. The van der Waals surface area contributed by atoms with E-state index in [1.807, 2.05) is 6.92 Å². The van der Waals surface area contributed by atoms with Gasteiger partial charge in [-0.2, -0.15) is 0 Å². The third kappa shape index (κ3) is 5.10. The molecule has 4 rings (SSSR count). The molecule has 2 aliphatic rings. The maximum atomic E-state index is 13.2. The molecule has 7 nitrogen and oxygen atoms in total. The lowest BCUT2D eigenvalue weighted by atomic mass is 10.2. The second-order valence-electron chi connectivity index (χ2n) is 7.60. The highest BCUT2D eigenvalue weighted by molar-refractivity contribution is 8.02. The number of likely N-dealkylation sites (tertiary alicyclic amines) is 1. The Balaban J connectivity index is 1.48. The zero-order valence-corrected chi connectivity index (χ0v) is 19.5. The van der Waals surface area contributed by atoms with Gasteiger partial charge in [-0.3, -0.25) is 24.2 Å². The van der Waals surface area contributed by atoms with E-state index < -0.39 is 5.25 Å². The van der Waals surface area contributed by atoms with Crippen molar-refractivity contribution in [2.75, 3.05) is 11.4 Å². The van der Waals surface area contributed by atoms with Gasteiger partial charge in [-0.05, 0) is 49.9 Å². The highest BCUT2D eigenvalue weighted by Gasteiger charge is 2.36. The molecule has 1 aromatic carbocycles. The monoisotopic (exact) mass is 478 g/mol. The molecule has 2 aromatic rings. The van der Waals surface area contributed by atoms with Gasteiger partial charge in [0, 0.05) is 29.6 Å². The fourth-order valence-corrected chi connectivity index (χ4v) is 5.91. The Bertz CT molecular complexity index is 977. The first kappa shape index (κ1) is 22.2. The van der Waals surface area contributed by atoms with Crippen LogP contribution in [0.5, 0.6) is 0 Å². The topological polar surface area (TPSA) is 83.5 Å². The van der Waals surface area contributed by atoms with E-state index in [4.69, 9.17) is 11.6 Å². The average Bonchev–Trinajstić information content (AvgIpc) is 3.53. The molecule has 1 saturated heterocycles. The molecule has 1 saturated carbocycles. The Morgan fingerprint density at radius 1 is 1.19 bits per heavy atom. The molecule has 0 unspecified atom stereocenters. The minimum Gasteiger partial charge on any atom is -0.284 e. The first-order valence-electron chi connectivity index (χ1n) is 10.4. The summed E-state index contributed by atoms with van der Waals surface area (Å²) < 4.78 is 0.642. The van der Waals surface area contributed by atoms with Crippen LogP contribution in [0.15, 0.2) is 28.6 Å². The van der Waals surface area contributed by atoms with Crippen LogP contribution in [0, 0.1) is 0 Å². The van der Waals surface area contributed by atoms with Crippen LogP contribution < -0.4 is 4.90 Å². The molecular weight excluding hydrogens is 456 g/mol. The molecule has 0 N–H and O–H groups in total. The third-order valence-corrected chi connectivity index (χ3v) is 7.82. The number of aromatic nitrogens is 2. The minimum atomic E-state index is -0.407. The van der Waals surface area contributed by atoms with Crippen molar-refractivity contribution in [1.29, 1.82) is 0 Å². The average molecular weight is 479 g/mol. The highest BCUT2D eigenvalue weighted by Crippen LogP contribution is 2.38. The van der Waals surface area contributed by atoms with Crippen LogP contribution in [0.4, 0.5) is 5.13 Å². The third-order valence-electron chi connectivity index (χ3n) is 5.30. The van der Waals surface area contributed by atoms with Crippen molar-refractivity contribution >= 4 is 57.6 Å². The Morgan fingerprint density at radius 3 is 2.61 bits per heavy atom. The van der Waals surface area contributed by atoms with Gasteiger partial charge in [0.25, 0.3) is 5.91 Å². The van der Waals surface area contributed by atoms with E-state index >= 15 is 0 Å². The summed E-state index contributed by atoms with van der Waals surface area (Å²) in [6.07, 6.45) is 4.67. The number of benzene rings is 1. The second kappa shape index (κ2) is 9.67. The Hall–Kier alpha value is -1.97. The quantitative estimate of drug-likeness (QED) is 0.451. The number of hydrogen-bond donors (Lipinski definition) is 0. The zero-order valence-electron chi connectivity index (χ0n) is 17.1. The van der Waals surface area contributed by atoms with E-state index in [0.717, 1.165) is 25.7 Å². The molecule has 0 bridgehead atoms. The maximum Gasteiger partial charge on any atom is 0.260 e. The minimum absolute atomic E-state index is 0.0421. The summed E-state index contributed by atoms with van der Waals surface area (Å²) in [7, 11) is 0. The number of amides is 3. The van der Waals surface area contributed by atoms with Gasteiger partial charge in [0.2, 0.25) is 16.9 Å². The number of nitrogens with zero attached hydrogens (tertiary/aromatic N) is 4. The van der Waals surface area contributed by atoms with Crippen molar-refractivity contribution in [3.05, 3.63) is 34.9 Å². The summed E-state index contributed by atoms with van der Waals surface area (Å²) in [6, 6.07) is 6.79. The van der Waals surface area contributed by atoms with E-state index in [2.05, 4.69) is 10.2 Å². The molecular formula is C21H23ClN4O3S2. The number of thioether (sulfide) groups is 1. The number of halogens is 1. The molecule has 0 radical (unpaired) electrons. The molecule has 1 aliphatic carbocycles. The van der Waals surface area contributed by atoms with Crippen LogP contribution in [0.25, 0.3) is 0 Å². The van der Waals surface area contributed by atoms with E-state index in [0.29, 0.717) is 39.4 Å². The largest absolute Gasteiger partial charge is 0.284 e. The van der Waals surface area contributed by atoms with E-state index in [1.165, 1.54) is 28.0 Å². The number of hydrogen-bond acceptors (Lipinski definition) is 7. The fraction of sp³-hybridized carbons (Fsp3) is 0.476. The Kier molecular flexibility index (Phi) is 6.93. The molecule has 31 heavy (non-hydrogen) atoms. The number of anilines is 1. The lowest BCUT2D eigenvalue weighted by molar-refractivity contribution is -0.127. The maximum absolute atomic E-state index is 13.2. The number of carbonyl (C=O) groups is 3. The summed E-state index contributed by atoms with van der Waals surface area (Å²) in [4.78, 5) is 41.5. The molecule has 2 heterocycles. The predicted molar refractivity (Wildman–Crippen MR) is 122 cm³/mol. The van der Waals surface area contributed by atoms with Gasteiger partial charge in [-0.25, -0.2) is 0 Å². The first-order chi connectivity index (χ1) is 15.0. The van der Waals surface area contributed by atoms with Crippen LogP contribution in [0.1, 0.15) is 55.8 Å². The molecule has 1 aliphatic heterocycles. The van der Waals surface area contributed by atoms with Gasteiger partial charge in [0.05, 0.1) is 5.25 Å². The molecule has 164 valence electrons. The second-order valence-corrected chi connectivity index (χ2v) is 10.4. The lowest BCUT2D eigenvalue weighted by Gasteiger charge is -2.22. The van der Waals surface area contributed by atoms with E-state index in [1.54, 1.807) is 29.2 Å². The van der Waals surface area contributed by atoms with Gasteiger partial charge in [0.15, 0.2) is 4.34 Å². The van der Waals surface area contributed by atoms with Crippen molar-refractivity contribution in [1.82, 2.24) is 15.1 Å². The summed E-state index contributed by atoms with van der Waals surface area (Å²) in [5.74, 6) is -0.469. The fourth-order valence-electron chi connectivity index (χ4n) is 3.51. The van der Waals surface area contributed by atoms with Crippen LogP contribution >= 0.6 is 34.7 Å². The summed E-state index contributed by atoms with van der Waals surface area (Å²) in [5.41, 5.74) is 0.444. The molecule has 3 amide bonds. The van der Waals surface area contributed by atoms with E-state index in [9.17, 15) is 14.4 Å². The molecule has 1 aromatic heterocycles. The zero-order chi connectivity index (χ0) is 22.0. The van der Waals surface area contributed by atoms with Crippen LogP contribution in [0.3, 0.4) is 0 Å². The summed E-state index contributed by atoms with van der Waals surface area (Å²) in [5, 5.41) is 9.17.